The molecule has 0 heterocycles. The van der Waals surface area contributed by atoms with E-state index in [2.05, 4.69) is 26.1 Å². The molecule has 1 nitrogen and oxygen atoms in total. The summed E-state index contributed by atoms with van der Waals surface area (Å²) in [5.74, 6) is 0.817. The molecule has 0 rings (SSSR count). The fourth-order valence-corrected chi connectivity index (χ4v) is 0.825. The van der Waals surface area contributed by atoms with Crippen LogP contribution in [0.3, 0.4) is 0 Å². The van der Waals surface area contributed by atoms with Gasteiger partial charge in [0.1, 0.15) is 0 Å². The Kier molecular flexibility index (Phi) is 25.6. The van der Waals surface area contributed by atoms with Crippen LogP contribution in [0.4, 0.5) is 0 Å². The topological polar surface area (TPSA) is 12.0 Å². The van der Waals surface area contributed by atoms with Gasteiger partial charge in [0.2, 0.25) is 0 Å². The van der Waals surface area contributed by atoms with Gasteiger partial charge in [-0.3, -0.25) is 0 Å². The van der Waals surface area contributed by atoms with Crippen LogP contribution in [-0.4, -0.2) is 13.1 Å². The lowest BCUT2D eigenvalue weighted by Gasteiger charge is -2.11. The van der Waals surface area contributed by atoms with Crippen molar-refractivity contribution in [2.24, 2.45) is 5.92 Å². The zero-order valence-corrected chi connectivity index (χ0v) is 10.4. The maximum atomic E-state index is 3.20. The van der Waals surface area contributed by atoms with E-state index in [1.165, 1.54) is 6.42 Å². The second-order valence-corrected chi connectivity index (χ2v) is 2.82. The highest BCUT2D eigenvalue weighted by Gasteiger charge is 1.99. The molecule has 0 aromatic heterocycles. The monoisotopic (exact) mass is 175 g/mol. The Morgan fingerprint density at radius 2 is 1.25 bits per heavy atom. The maximum absolute atomic E-state index is 3.20. The first-order valence-corrected chi connectivity index (χ1v) is 5.34. The standard InChI is InChI=1S/C7H17N.2C2H6/c1-6(2)5-7(3)8-4;2*1-2/h6-8H,5H2,1-4H3;2*1-2H3. The average Bonchev–Trinajstić information content (AvgIpc) is 2.10. The van der Waals surface area contributed by atoms with Gasteiger partial charge >= 0.3 is 0 Å². The third-order valence-corrected chi connectivity index (χ3v) is 1.32. The normalized spacial score (nSPS) is 10.8. The van der Waals surface area contributed by atoms with Crippen LogP contribution in [0.5, 0.6) is 0 Å². The summed E-state index contributed by atoms with van der Waals surface area (Å²) in [7, 11) is 2.01. The second-order valence-electron chi connectivity index (χ2n) is 2.82. The van der Waals surface area contributed by atoms with Crippen molar-refractivity contribution >= 4 is 0 Å². The predicted octanol–water partition coefficient (Wildman–Crippen LogP) is 3.69. The molecule has 0 aromatic carbocycles. The Balaban J connectivity index is -0.000000175. The van der Waals surface area contributed by atoms with E-state index in [-0.39, 0.29) is 0 Å². The van der Waals surface area contributed by atoms with Crippen LogP contribution >= 0.6 is 0 Å². The zero-order valence-electron chi connectivity index (χ0n) is 10.4. The van der Waals surface area contributed by atoms with Gasteiger partial charge in [0.15, 0.2) is 0 Å². The molecule has 0 fully saturated rings. The Bertz CT molecular complexity index is 51.0. The molecule has 0 saturated carbocycles. The van der Waals surface area contributed by atoms with E-state index >= 15 is 0 Å². The van der Waals surface area contributed by atoms with Gasteiger partial charge in [-0.2, -0.15) is 0 Å². The summed E-state index contributed by atoms with van der Waals surface area (Å²) >= 11 is 0. The van der Waals surface area contributed by atoms with Crippen molar-refractivity contribution in [3.05, 3.63) is 0 Å². The molecule has 0 amide bonds. The van der Waals surface area contributed by atoms with Crippen LogP contribution < -0.4 is 5.32 Å². The molecule has 78 valence electrons. The van der Waals surface area contributed by atoms with Crippen molar-refractivity contribution in [1.29, 1.82) is 0 Å². The molecular formula is C11H29N. The highest BCUT2D eigenvalue weighted by atomic mass is 14.8. The van der Waals surface area contributed by atoms with Crippen molar-refractivity contribution < 1.29 is 0 Å². The van der Waals surface area contributed by atoms with E-state index in [4.69, 9.17) is 0 Å². The van der Waals surface area contributed by atoms with Crippen LogP contribution in [0.1, 0.15) is 54.9 Å². The molecule has 0 saturated heterocycles. The SMILES string of the molecule is CC.CC.CNC(C)CC(C)C. The van der Waals surface area contributed by atoms with Crippen LogP contribution in [0.15, 0.2) is 0 Å². The maximum Gasteiger partial charge on any atom is 0.00381 e. The van der Waals surface area contributed by atoms with Gasteiger partial charge in [-0.25, -0.2) is 0 Å². The summed E-state index contributed by atoms with van der Waals surface area (Å²) in [5, 5.41) is 3.20. The minimum atomic E-state index is 0.676. The van der Waals surface area contributed by atoms with Gasteiger partial charge in [-0.05, 0) is 26.3 Å². The van der Waals surface area contributed by atoms with E-state index in [1.54, 1.807) is 0 Å². The van der Waals surface area contributed by atoms with Crippen LogP contribution in [0.25, 0.3) is 0 Å². The van der Waals surface area contributed by atoms with E-state index in [9.17, 15) is 0 Å². The fraction of sp³-hybridized carbons (Fsp3) is 1.00. The third kappa shape index (κ3) is 22.5. The van der Waals surface area contributed by atoms with Gasteiger partial charge in [-0.1, -0.05) is 41.5 Å². The quantitative estimate of drug-likeness (QED) is 0.690. The third-order valence-electron chi connectivity index (χ3n) is 1.32. The summed E-state index contributed by atoms with van der Waals surface area (Å²) in [6.07, 6.45) is 1.27. The molecule has 1 unspecified atom stereocenters. The summed E-state index contributed by atoms with van der Waals surface area (Å²) in [6.45, 7) is 14.7. The molecule has 0 aliphatic rings. The second kappa shape index (κ2) is 17.2. The molecule has 1 N–H and O–H groups in total. The number of rotatable bonds is 3. The Morgan fingerprint density at radius 3 is 1.33 bits per heavy atom. The molecule has 1 heteroatoms. The lowest BCUT2D eigenvalue weighted by Crippen LogP contribution is -2.22. The number of nitrogens with one attached hydrogen (secondary N) is 1. The Morgan fingerprint density at radius 1 is 0.917 bits per heavy atom. The van der Waals surface area contributed by atoms with Crippen LogP contribution in [-0.2, 0) is 0 Å². The first-order chi connectivity index (χ1) is 5.66. The molecular weight excluding hydrogens is 146 g/mol. The predicted molar refractivity (Wildman–Crippen MR) is 60.7 cm³/mol. The van der Waals surface area contributed by atoms with Crippen molar-refractivity contribution in [1.82, 2.24) is 5.32 Å². The van der Waals surface area contributed by atoms with Gasteiger partial charge in [0.05, 0.1) is 0 Å². The summed E-state index contributed by atoms with van der Waals surface area (Å²) < 4.78 is 0. The van der Waals surface area contributed by atoms with E-state index < -0.39 is 0 Å². The largest absolute Gasteiger partial charge is 0.317 e. The van der Waals surface area contributed by atoms with Crippen molar-refractivity contribution in [2.45, 2.75) is 60.9 Å². The first kappa shape index (κ1) is 17.9. The highest BCUT2D eigenvalue weighted by Crippen LogP contribution is 2.02. The van der Waals surface area contributed by atoms with Crippen LogP contribution in [0, 0.1) is 5.92 Å². The molecule has 0 aromatic rings. The van der Waals surface area contributed by atoms with Gasteiger partial charge in [0.25, 0.3) is 0 Å². The number of hydrogen-bond donors (Lipinski definition) is 1. The van der Waals surface area contributed by atoms with Gasteiger partial charge in [0, 0.05) is 6.04 Å². The molecule has 0 spiro atoms. The highest BCUT2D eigenvalue weighted by molar-refractivity contribution is 4.58. The van der Waals surface area contributed by atoms with Crippen molar-refractivity contribution in [2.75, 3.05) is 7.05 Å². The molecule has 1 atom stereocenters. The summed E-state index contributed by atoms with van der Waals surface area (Å²) in [6, 6.07) is 0.676. The summed E-state index contributed by atoms with van der Waals surface area (Å²) in [4.78, 5) is 0. The molecule has 0 radical (unpaired) electrons. The van der Waals surface area contributed by atoms with E-state index in [0.29, 0.717) is 6.04 Å². The Hall–Kier alpha value is -0.0400. The zero-order chi connectivity index (χ0) is 10.6. The molecule has 0 aliphatic heterocycles. The van der Waals surface area contributed by atoms with Crippen molar-refractivity contribution in [3.8, 4) is 0 Å². The van der Waals surface area contributed by atoms with Crippen molar-refractivity contribution in [3.63, 3.8) is 0 Å². The van der Waals surface area contributed by atoms with Gasteiger partial charge < -0.3 is 5.32 Å². The smallest absolute Gasteiger partial charge is 0.00381 e. The number of hydrogen-bond acceptors (Lipinski definition) is 1. The molecule has 12 heavy (non-hydrogen) atoms. The van der Waals surface area contributed by atoms with E-state index in [0.717, 1.165) is 5.92 Å². The van der Waals surface area contributed by atoms with Gasteiger partial charge in [-0.15, -0.1) is 0 Å². The Labute approximate surface area is 80.0 Å². The minimum Gasteiger partial charge on any atom is -0.317 e. The lowest BCUT2D eigenvalue weighted by atomic mass is 10.1. The van der Waals surface area contributed by atoms with E-state index in [1.807, 2.05) is 34.7 Å². The fourth-order valence-electron chi connectivity index (χ4n) is 0.825. The van der Waals surface area contributed by atoms with Crippen LogP contribution in [0.2, 0.25) is 0 Å². The molecule has 0 bridgehead atoms. The minimum absolute atomic E-state index is 0.676. The lowest BCUT2D eigenvalue weighted by molar-refractivity contribution is 0.469. The first-order valence-electron chi connectivity index (χ1n) is 5.34. The molecule has 0 aliphatic carbocycles. The summed E-state index contributed by atoms with van der Waals surface area (Å²) in [5.41, 5.74) is 0. The average molecular weight is 175 g/mol.